The monoisotopic (exact) mass is 232 g/mol. The van der Waals surface area contributed by atoms with Crippen LogP contribution in [-0.2, 0) is 6.54 Å². The molecule has 0 aliphatic heterocycles. The Kier molecular flexibility index (Phi) is 3.72. The average molecular weight is 232 g/mol. The van der Waals surface area contributed by atoms with Crippen molar-refractivity contribution in [2.75, 3.05) is 6.54 Å². The summed E-state index contributed by atoms with van der Waals surface area (Å²) in [5.74, 6) is 0. The number of benzene rings is 1. The molecule has 0 fully saturated rings. The van der Waals surface area contributed by atoms with Crippen molar-refractivity contribution >= 4 is 0 Å². The summed E-state index contributed by atoms with van der Waals surface area (Å²) < 4.78 is 1.49. The van der Waals surface area contributed by atoms with Gasteiger partial charge in [-0.2, -0.15) is 5.10 Å². The van der Waals surface area contributed by atoms with Crippen LogP contribution >= 0.6 is 0 Å². The first kappa shape index (κ1) is 11.6. The third-order valence-electron chi connectivity index (χ3n) is 2.50. The van der Waals surface area contributed by atoms with E-state index < -0.39 is 0 Å². The number of nitrogens with one attached hydrogen (secondary N) is 2. The zero-order chi connectivity index (χ0) is 12.1. The minimum absolute atomic E-state index is 0.219. The van der Waals surface area contributed by atoms with Crippen LogP contribution in [-0.4, -0.2) is 21.3 Å². The summed E-state index contributed by atoms with van der Waals surface area (Å²) in [7, 11) is 0. The fourth-order valence-electron chi connectivity index (χ4n) is 1.66. The SMILES string of the molecule is CCCNCc1cccc(-n2cn[nH]c2=O)c1. The molecule has 1 aromatic heterocycles. The number of H-pyrrole nitrogens is 1. The van der Waals surface area contributed by atoms with Gasteiger partial charge in [0.05, 0.1) is 5.69 Å². The highest BCUT2D eigenvalue weighted by atomic mass is 16.1. The molecule has 0 saturated carbocycles. The molecule has 90 valence electrons. The predicted molar refractivity (Wildman–Crippen MR) is 66.2 cm³/mol. The lowest BCUT2D eigenvalue weighted by atomic mass is 10.2. The molecule has 0 saturated heterocycles. The van der Waals surface area contributed by atoms with Gasteiger partial charge in [-0.05, 0) is 30.7 Å². The van der Waals surface area contributed by atoms with Gasteiger partial charge in [0, 0.05) is 6.54 Å². The Hall–Kier alpha value is -1.88. The molecule has 17 heavy (non-hydrogen) atoms. The van der Waals surface area contributed by atoms with Gasteiger partial charge >= 0.3 is 5.69 Å². The first-order chi connectivity index (χ1) is 8.31. The van der Waals surface area contributed by atoms with E-state index >= 15 is 0 Å². The maximum Gasteiger partial charge on any atom is 0.347 e. The van der Waals surface area contributed by atoms with E-state index in [1.54, 1.807) is 0 Å². The molecule has 0 aliphatic carbocycles. The van der Waals surface area contributed by atoms with Crippen molar-refractivity contribution in [2.24, 2.45) is 0 Å². The van der Waals surface area contributed by atoms with Crippen LogP contribution in [0.5, 0.6) is 0 Å². The average Bonchev–Trinajstić information content (AvgIpc) is 2.76. The van der Waals surface area contributed by atoms with E-state index in [-0.39, 0.29) is 5.69 Å². The lowest BCUT2D eigenvalue weighted by Gasteiger charge is -2.05. The maximum atomic E-state index is 11.4. The normalized spacial score (nSPS) is 10.6. The summed E-state index contributed by atoms with van der Waals surface area (Å²) in [6.45, 7) is 3.94. The van der Waals surface area contributed by atoms with Crippen molar-refractivity contribution in [3.8, 4) is 5.69 Å². The molecule has 0 atom stereocenters. The van der Waals surface area contributed by atoms with Gasteiger partial charge in [-0.15, -0.1) is 0 Å². The van der Waals surface area contributed by atoms with Crippen LogP contribution in [0.25, 0.3) is 5.69 Å². The molecule has 2 rings (SSSR count). The van der Waals surface area contributed by atoms with Crippen molar-refractivity contribution in [1.29, 1.82) is 0 Å². The maximum absolute atomic E-state index is 11.4. The fourth-order valence-corrected chi connectivity index (χ4v) is 1.66. The molecule has 0 amide bonds. The summed E-state index contributed by atoms with van der Waals surface area (Å²) >= 11 is 0. The van der Waals surface area contributed by atoms with Crippen LogP contribution in [0.4, 0.5) is 0 Å². The van der Waals surface area contributed by atoms with Crippen LogP contribution in [0, 0.1) is 0 Å². The molecule has 2 aromatic rings. The smallest absolute Gasteiger partial charge is 0.313 e. The first-order valence-corrected chi connectivity index (χ1v) is 5.73. The van der Waals surface area contributed by atoms with Crippen LogP contribution in [0.1, 0.15) is 18.9 Å². The van der Waals surface area contributed by atoms with Gasteiger partial charge < -0.3 is 5.32 Å². The van der Waals surface area contributed by atoms with E-state index in [1.165, 1.54) is 10.9 Å². The Morgan fingerprint density at radius 2 is 2.35 bits per heavy atom. The van der Waals surface area contributed by atoms with Crippen LogP contribution in [0.3, 0.4) is 0 Å². The molecule has 0 spiro atoms. The Labute approximate surface area is 99.5 Å². The van der Waals surface area contributed by atoms with Crippen molar-refractivity contribution < 1.29 is 0 Å². The third-order valence-corrected chi connectivity index (χ3v) is 2.50. The number of aromatic nitrogens is 3. The lowest BCUT2D eigenvalue weighted by molar-refractivity contribution is 0.675. The van der Waals surface area contributed by atoms with Gasteiger partial charge in [0.25, 0.3) is 0 Å². The number of hydrogen-bond acceptors (Lipinski definition) is 3. The second-order valence-electron chi connectivity index (χ2n) is 3.88. The summed E-state index contributed by atoms with van der Waals surface area (Å²) in [5.41, 5.74) is 1.77. The predicted octanol–water partition coefficient (Wildman–Crippen LogP) is 1.06. The molecule has 0 bridgehead atoms. The van der Waals surface area contributed by atoms with E-state index in [0.717, 1.165) is 30.8 Å². The summed E-state index contributed by atoms with van der Waals surface area (Å²) in [4.78, 5) is 11.4. The standard InChI is InChI=1S/C12H16N4O/c1-2-6-13-8-10-4-3-5-11(7-10)16-9-14-15-12(16)17/h3-5,7,9,13H,2,6,8H2,1H3,(H,15,17). The van der Waals surface area contributed by atoms with E-state index in [9.17, 15) is 4.79 Å². The van der Waals surface area contributed by atoms with Gasteiger partial charge in [-0.3, -0.25) is 0 Å². The van der Waals surface area contributed by atoms with Gasteiger partial charge in [-0.25, -0.2) is 14.5 Å². The Morgan fingerprint density at radius 1 is 1.47 bits per heavy atom. The summed E-state index contributed by atoms with van der Waals surface area (Å²) in [5, 5.41) is 9.42. The number of hydrogen-bond donors (Lipinski definition) is 2. The summed E-state index contributed by atoms with van der Waals surface area (Å²) in [6, 6.07) is 7.86. The van der Waals surface area contributed by atoms with E-state index in [1.807, 2.05) is 24.3 Å². The number of rotatable bonds is 5. The first-order valence-electron chi connectivity index (χ1n) is 5.73. The Balaban J connectivity index is 2.17. The number of nitrogens with zero attached hydrogens (tertiary/aromatic N) is 2. The largest absolute Gasteiger partial charge is 0.347 e. The van der Waals surface area contributed by atoms with Gasteiger partial charge in [-0.1, -0.05) is 19.1 Å². The van der Waals surface area contributed by atoms with E-state index in [0.29, 0.717) is 0 Å². The topological polar surface area (TPSA) is 62.7 Å². The zero-order valence-corrected chi connectivity index (χ0v) is 9.81. The quantitative estimate of drug-likeness (QED) is 0.758. The highest BCUT2D eigenvalue weighted by molar-refractivity contribution is 5.35. The lowest BCUT2D eigenvalue weighted by Crippen LogP contribution is -2.16. The molecule has 5 heteroatoms. The van der Waals surface area contributed by atoms with Gasteiger partial charge in [0.1, 0.15) is 6.33 Å². The molecule has 2 N–H and O–H groups in total. The Bertz CT molecular complexity index is 529. The number of aromatic amines is 1. The second kappa shape index (κ2) is 5.45. The summed E-state index contributed by atoms with van der Waals surface area (Å²) in [6.07, 6.45) is 2.60. The van der Waals surface area contributed by atoms with E-state index in [4.69, 9.17) is 0 Å². The van der Waals surface area contributed by atoms with Crippen LogP contribution in [0.2, 0.25) is 0 Å². The highest BCUT2D eigenvalue weighted by Crippen LogP contribution is 2.07. The molecule has 0 radical (unpaired) electrons. The molecule has 1 heterocycles. The molecular weight excluding hydrogens is 216 g/mol. The second-order valence-corrected chi connectivity index (χ2v) is 3.88. The minimum Gasteiger partial charge on any atom is -0.313 e. The van der Waals surface area contributed by atoms with Crippen molar-refractivity contribution in [3.05, 3.63) is 46.6 Å². The van der Waals surface area contributed by atoms with Crippen LogP contribution in [0.15, 0.2) is 35.4 Å². The fraction of sp³-hybridized carbons (Fsp3) is 0.333. The highest BCUT2D eigenvalue weighted by Gasteiger charge is 2.01. The van der Waals surface area contributed by atoms with Crippen LogP contribution < -0.4 is 11.0 Å². The zero-order valence-electron chi connectivity index (χ0n) is 9.81. The van der Waals surface area contributed by atoms with E-state index in [2.05, 4.69) is 22.4 Å². The third kappa shape index (κ3) is 2.82. The van der Waals surface area contributed by atoms with Gasteiger partial charge in [0.15, 0.2) is 0 Å². The van der Waals surface area contributed by atoms with Gasteiger partial charge in [0.2, 0.25) is 0 Å². The molecule has 0 aliphatic rings. The molecular formula is C12H16N4O. The van der Waals surface area contributed by atoms with Crippen molar-refractivity contribution in [1.82, 2.24) is 20.1 Å². The van der Waals surface area contributed by atoms with Crippen molar-refractivity contribution in [2.45, 2.75) is 19.9 Å². The molecule has 1 aromatic carbocycles. The molecule has 0 unspecified atom stereocenters. The molecule has 5 nitrogen and oxygen atoms in total. The Morgan fingerprint density at radius 3 is 3.06 bits per heavy atom. The minimum atomic E-state index is -0.219. The van der Waals surface area contributed by atoms with Crippen molar-refractivity contribution in [3.63, 3.8) is 0 Å².